The number of nitro groups is 1. The first-order chi connectivity index (χ1) is 12.8. The van der Waals surface area contributed by atoms with Crippen LogP contribution in [0, 0.1) is 16.0 Å². The number of nitro benzene ring substituents is 1. The van der Waals surface area contributed by atoms with Crippen LogP contribution >= 0.6 is 0 Å². The molecule has 0 N–H and O–H groups in total. The summed E-state index contributed by atoms with van der Waals surface area (Å²) in [7, 11) is 3.89. The minimum atomic E-state index is -0.531. The maximum atomic E-state index is 12.4. The molecule has 0 aliphatic carbocycles. The van der Waals surface area contributed by atoms with Crippen molar-refractivity contribution in [3.63, 3.8) is 0 Å². The lowest BCUT2D eigenvalue weighted by Gasteiger charge is -2.25. The molecule has 28 heavy (non-hydrogen) atoms. The van der Waals surface area contributed by atoms with Crippen LogP contribution in [-0.4, -0.2) is 49.1 Å². The Labute approximate surface area is 170 Å². The van der Waals surface area contributed by atoms with Crippen LogP contribution < -0.4 is 4.74 Å². The fourth-order valence-electron chi connectivity index (χ4n) is 2.35. The van der Waals surface area contributed by atoms with Gasteiger partial charge in [0.25, 0.3) is 5.69 Å². The molecule has 162 valence electrons. The smallest absolute Gasteiger partial charge is 0.341 e. The summed E-state index contributed by atoms with van der Waals surface area (Å²) in [6, 6.07) is 4.05. The van der Waals surface area contributed by atoms with E-state index in [1.807, 2.05) is 39.8 Å². The Morgan fingerprint density at radius 1 is 1.25 bits per heavy atom. The van der Waals surface area contributed by atoms with Crippen molar-refractivity contribution >= 4 is 11.7 Å². The summed E-state index contributed by atoms with van der Waals surface area (Å²) < 4.78 is 10.9. The molecule has 7 nitrogen and oxygen atoms in total. The monoisotopic (exact) mass is 398 g/mol. The normalized spacial score (nSPS) is 11.2. The third kappa shape index (κ3) is 9.69. The van der Waals surface area contributed by atoms with Gasteiger partial charge in [-0.25, -0.2) is 4.79 Å². The zero-order valence-electron chi connectivity index (χ0n) is 17.7. The minimum absolute atomic E-state index is 0. The number of hydrogen-bond donors (Lipinski definition) is 0. The SMILES string of the molecule is C.CC.CCCOc1cc([N+](=O)[O-])ccc1C(=O)OC[C@H](CC(C)C)N(C)C. The zero-order chi connectivity index (χ0) is 21.0. The molecule has 0 heterocycles. The molecule has 0 amide bonds. The fraction of sp³-hybridized carbons (Fsp3) is 0.667. The second-order valence-electron chi connectivity index (χ2n) is 6.63. The van der Waals surface area contributed by atoms with Gasteiger partial charge in [0, 0.05) is 12.1 Å². The highest BCUT2D eigenvalue weighted by Crippen LogP contribution is 2.26. The van der Waals surface area contributed by atoms with E-state index in [-0.39, 0.29) is 37.1 Å². The van der Waals surface area contributed by atoms with Gasteiger partial charge in [-0.1, -0.05) is 42.0 Å². The highest BCUT2D eigenvalue weighted by molar-refractivity contribution is 5.93. The molecular formula is C21H38N2O5. The molecule has 0 aliphatic heterocycles. The lowest BCUT2D eigenvalue weighted by atomic mass is 10.0. The lowest BCUT2D eigenvalue weighted by molar-refractivity contribution is -0.384. The number of esters is 1. The van der Waals surface area contributed by atoms with Crippen LogP contribution in [-0.2, 0) is 4.74 Å². The maximum Gasteiger partial charge on any atom is 0.341 e. The predicted octanol–water partition coefficient (Wildman–Crippen LogP) is 5.18. The summed E-state index contributed by atoms with van der Waals surface area (Å²) in [6.45, 7) is 10.8. The van der Waals surface area contributed by atoms with Gasteiger partial charge in [-0.3, -0.25) is 10.1 Å². The van der Waals surface area contributed by atoms with E-state index in [9.17, 15) is 14.9 Å². The van der Waals surface area contributed by atoms with Gasteiger partial charge in [-0.15, -0.1) is 0 Å². The van der Waals surface area contributed by atoms with Crippen LogP contribution in [0.2, 0.25) is 0 Å². The predicted molar refractivity (Wildman–Crippen MR) is 114 cm³/mol. The van der Waals surface area contributed by atoms with E-state index >= 15 is 0 Å². The Bertz CT molecular complexity index is 588. The molecule has 0 spiro atoms. The molecule has 0 fully saturated rings. The molecule has 0 radical (unpaired) electrons. The number of carbonyl (C=O) groups excluding carboxylic acids is 1. The van der Waals surface area contributed by atoms with E-state index in [0.29, 0.717) is 12.5 Å². The van der Waals surface area contributed by atoms with Crippen molar-refractivity contribution in [1.82, 2.24) is 4.90 Å². The number of ether oxygens (including phenoxy) is 2. The minimum Gasteiger partial charge on any atom is -0.492 e. The van der Waals surface area contributed by atoms with Crippen molar-refractivity contribution < 1.29 is 19.2 Å². The number of non-ortho nitro benzene ring substituents is 1. The summed E-state index contributed by atoms with van der Waals surface area (Å²) >= 11 is 0. The Morgan fingerprint density at radius 2 is 1.86 bits per heavy atom. The van der Waals surface area contributed by atoms with Crippen LogP contribution in [0.25, 0.3) is 0 Å². The summed E-state index contributed by atoms with van der Waals surface area (Å²) in [5.74, 6) is 0.136. The van der Waals surface area contributed by atoms with Gasteiger partial charge in [0.15, 0.2) is 0 Å². The standard InChI is InChI=1S/C18H28N2O5.C2H6.CH4/c1-6-9-24-17-11-14(20(22)23)7-8-16(17)18(21)25-12-15(19(4)5)10-13(2)3;1-2;/h7-8,11,13,15H,6,9-10,12H2,1-5H3;1-2H3;1H4/t15-;;/m0../s1. The summed E-state index contributed by atoms with van der Waals surface area (Å²) in [5, 5.41) is 10.9. The second kappa shape index (κ2) is 14.9. The molecule has 1 atom stereocenters. The van der Waals surface area contributed by atoms with Gasteiger partial charge in [-0.05, 0) is 38.9 Å². The molecule has 1 aromatic rings. The van der Waals surface area contributed by atoms with E-state index in [2.05, 4.69) is 13.8 Å². The average Bonchev–Trinajstić information content (AvgIpc) is 2.63. The number of likely N-dealkylation sites (N-methyl/N-ethyl adjacent to an activating group) is 1. The van der Waals surface area contributed by atoms with Crippen molar-refractivity contribution in [2.45, 2.75) is 60.9 Å². The van der Waals surface area contributed by atoms with Crippen molar-refractivity contribution in [2.75, 3.05) is 27.3 Å². The third-order valence-corrected chi connectivity index (χ3v) is 3.74. The van der Waals surface area contributed by atoms with Gasteiger partial charge in [0.1, 0.15) is 17.9 Å². The molecule has 1 aromatic carbocycles. The van der Waals surface area contributed by atoms with Crippen LogP contribution in [0.3, 0.4) is 0 Å². The molecule has 0 unspecified atom stereocenters. The summed E-state index contributed by atoms with van der Waals surface area (Å²) in [4.78, 5) is 24.9. The van der Waals surface area contributed by atoms with E-state index < -0.39 is 10.9 Å². The van der Waals surface area contributed by atoms with Gasteiger partial charge in [-0.2, -0.15) is 0 Å². The number of benzene rings is 1. The second-order valence-corrected chi connectivity index (χ2v) is 6.63. The Kier molecular flexibility index (Phi) is 14.9. The Morgan fingerprint density at radius 3 is 2.32 bits per heavy atom. The summed E-state index contributed by atoms with van der Waals surface area (Å²) in [5.41, 5.74) is 0.0923. The highest BCUT2D eigenvalue weighted by atomic mass is 16.6. The number of hydrogen-bond acceptors (Lipinski definition) is 6. The number of carbonyl (C=O) groups is 1. The first-order valence-corrected chi connectivity index (χ1v) is 9.51. The molecule has 7 heteroatoms. The maximum absolute atomic E-state index is 12.4. The van der Waals surface area contributed by atoms with Crippen molar-refractivity contribution in [1.29, 1.82) is 0 Å². The van der Waals surface area contributed by atoms with E-state index in [1.54, 1.807) is 0 Å². The molecular weight excluding hydrogens is 360 g/mol. The average molecular weight is 399 g/mol. The van der Waals surface area contributed by atoms with Crippen LogP contribution in [0.4, 0.5) is 5.69 Å². The quantitative estimate of drug-likeness (QED) is 0.307. The lowest BCUT2D eigenvalue weighted by Crippen LogP contribution is -2.34. The first-order valence-electron chi connectivity index (χ1n) is 9.51. The molecule has 0 aromatic heterocycles. The zero-order valence-corrected chi connectivity index (χ0v) is 17.7. The third-order valence-electron chi connectivity index (χ3n) is 3.74. The fourth-order valence-corrected chi connectivity index (χ4v) is 2.35. The van der Waals surface area contributed by atoms with E-state index in [1.165, 1.54) is 18.2 Å². The van der Waals surface area contributed by atoms with Crippen LogP contribution in [0.1, 0.15) is 65.2 Å². The largest absolute Gasteiger partial charge is 0.492 e. The Hall–Kier alpha value is -2.15. The van der Waals surface area contributed by atoms with Crippen molar-refractivity contribution in [2.24, 2.45) is 5.92 Å². The van der Waals surface area contributed by atoms with Crippen molar-refractivity contribution in [3.05, 3.63) is 33.9 Å². The van der Waals surface area contributed by atoms with Crippen LogP contribution in [0.15, 0.2) is 18.2 Å². The molecule has 1 rings (SSSR count). The van der Waals surface area contributed by atoms with Gasteiger partial charge in [0.2, 0.25) is 0 Å². The van der Waals surface area contributed by atoms with E-state index in [0.717, 1.165) is 12.8 Å². The first kappa shape index (κ1) is 28.1. The molecule has 0 saturated heterocycles. The number of rotatable bonds is 10. The summed E-state index contributed by atoms with van der Waals surface area (Å²) in [6.07, 6.45) is 1.63. The van der Waals surface area contributed by atoms with Gasteiger partial charge in [0.05, 0.1) is 17.6 Å². The molecule has 0 bridgehead atoms. The molecule has 0 saturated carbocycles. The van der Waals surface area contributed by atoms with E-state index in [4.69, 9.17) is 9.47 Å². The Balaban J connectivity index is 0. The molecule has 0 aliphatic rings. The number of nitrogens with zero attached hydrogens (tertiary/aromatic N) is 2. The van der Waals surface area contributed by atoms with Crippen molar-refractivity contribution in [3.8, 4) is 5.75 Å². The highest BCUT2D eigenvalue weighted by Gasteiger charge is 2.21. The topological polar surface area (TPSA) is 81.9 Å². The van der Waals surface area contributed by atoms with Gasteiger partial charge >= 0.3 is 5.97 Å². The van der Waals surface area contributed by atoms with Gasteiger partial charge < -0.3 is 14.4 Å². The van der Waals surface area contributed by atoms with Crippen LogP contribution in [0.5, 0.6) is 5.75 Å².